The average molecular weight is 303 g/mol. The highest BCUT2D eigenvalue weighted by Crippen LogP contribution is 2.33. The van der Waals surface area contributed by atoms with E-state index in [9.17, 15) is 9.50 Å². The van der Waals surface area contributed by atoms with Gasteiger partial charge in [0.05, 0.1) is 5.60 Å². The molecule has 0 amide bonds. The van der Waals surface area contributed by atoms with Crippen molar-refractivity contribution in [3.8, 4) is 0 Å². The molecule has 1 atom stereocenters. The van der Waals surface area contributed by atoms with Crippen molar-refractivity contribution in [3.63, 3.8) is 0 Å². The Morgan fingerprint density at radius 1 is 1.27 bits per heavy atom. The van der Waals surface area contributed by atoms with Crippen LogP contribution < -0.4 is 5.32 Å². The second kappa shape index (κ2) is 6.16. The summed E-state index contributed by atoms with van der Waals surface area (Å²) in [5.41, 5.74) is -0.484. The van der Waals surface area contributed by atoms with Crippen molar-refractivity contribution >= 4 is 16.7 Å². The Kier molecular flexibility index (Phi) is 4.25. The van der Waals surface area contributed by atoms with Gasteiger partial charge in [0, 0.05) is 11.9 Å². The summed E-state index contributed by atoms with van der Waals surface area (Å²) in [6.07, 6.45) is 7.10. The molecule has 1 heterocycles. The van der Waals surface area contributed by atoms with Gasteiger partial charge in [-0.1, -0.05) is 25.3 Å². The van der Waals surface area contributed by atoms with Gasteiger partial charge >= 0.3 is 0 Å². The van der Waals surface area contributed by atoms with Crippen LogP contribution in [0, 0.1) is 11.7 Å². The summed E-state index contributed by atoms with van der Waals surface area (Å²) in [5, 5.41) is 14.6. The highest BCUT2D eigenvalue weighted by Gasteiger charge is 2.32. The molecule has 1 unspecified atom stereocenters. The quantitative estimate of drug-likeness (QED) is 0.907. The molecule has 4 nitrogen and oxygen atoms in total. The largest absolute Gasteiger partial charge is 0.388 e. The minimum atomic E-state index is -0.787. The van der Waals surface area contributed by atoms with E-state index < -0.39 is 5.60 Å². The Bertz CT molecular complexity index is 653. The molecule has 2 aromatic rings. The Morgan fingerprint density at radius 3 is 2.82 bits per heavy atom. The zero-order chi connectivity index (χ0) is 15.6. The minimum Gasteiger partial charge on any atom is -0.388 e. The van der Waals surface area contributed by atoms with Crippen molar-refractivity contribution in [2.75, 3.05) is 11.9 Å². The molecule has 1 aromatic heterocycles. The van der Waals surface area contributed by atoms with Gasteiger partial charge in [0.2, 0.25) is 0 Å². The lowest BCUT2D eigenvalue weighted by Gasteiger charge is -2.35. The number of hydrogen-bond donors (Lipinski definition) is 2. The minimum absolute atomic E-state index is 0.303. The highest BCUT2D eigenvalue weighted by atomic mass is 19.1. The van der Waals surface area contributed by atoms with Gasteiger partial charge in [0.1, 0.15) is 23.5 Å². The molecular weight excluding hydrogens is 281 g/mol. The van der Waals surface area contributed by atoms with Crippen LogP contribution in [0.15, 0.2) is 24.5 Å². The van der Waals surface area contributed by atoms with Crippen LogP contribution in [-0.4, -0.2) is 27.2 Å². The van der Waals surface area contributed by atoms with Crippen molar-refractivity contribution in [1.29, 1.82) is 0 Å². The molecular formula is C17H22FN3O. The van der Waals surface area contributed by atoms with Crippen LogP contribution in [0.25, 0.3) is 10.9 Å². The average Bonchev–Trinajstić information content (AvgIpc) is 2.54. The summed E-state index contributed by atoms with van der Waals surface area (Å²) in [7, 11) is 0. The first-order chi connectivity index (χ1) is 10.6. The maximum atomic E-state index is 13.8. The summed E-state index contributed by atoms with van der Waals surface area (Å²) in [6.45, 7) is 2.28. The standard InChI is InChI=1S/C17H22FN3O/c1-17(22,12-6-3-2-4-7-12)10-19-16-13-8-5-9-14(18)15(13)20-11-21-16/h5,8-9,11-12,22H,2-4,6-7,10H2,1H3,(H,19,20,21). The SMILES string of the molecule is CC(O)(CNc1ncnc2c(F)cccc12)C1CCCCC1. The molecule has 1 aliphatic carbocycles. The monoisotopic (exact) mass is 303 g/mol. The van der Waals surface area contributed by atoms with Gasteiger partial charge in [-0.25, -0.2) is 14.4 Å². The molecule has 2 N–H and O–H groups in total. The van der Waals surface area contributed by atoms with E-state index in [1.807, 2.05) is 6.92 Å². The van der Waals surface area contributed by atoms with Crippen molar-refractivity contribution in [3.05, 3.63) is 30.3 Å². The summed E-state index contributed by atoms with van der Waals surface area (Å²) < 4.78 is 13.8. The van der Waals surface area contributed by atoms with E-state index in [4.69, 9.17) is 0 Å². The van der Waals surface area contributed by atoms with Gasteiger partial charge < -0.3 is 10.4 Å². The van der Waals surface area contributed by atoms with E-state index in [1.165, 1.54) is 31.7 Å². The Morgan fingerprint density at radius 2 is 2.05 bits per heavy atom. The molecule has 118 valence electrons. The first-order valence-corrected chi connectivity index (χ1v) is 7.93. The van der Waals surface area contributed by atoms with E-state index in [1.54, 1.807) is 12.1 Å². The molecule has 22 heavy (non-hydrogen) atoms. The number of fused-ring (bicyclic) bond motifs is 1. The summed E-state index contributed by atoms with van der Waals surface area (Å²) in [4.78, 5) is 8.18. The number of anilines is 1. The zero-order valence-electron chi connectivity index (χ0n) is 12.8. The topological polar surface area (TPSA) is 58.0 Å². The first kappa shape index (κ1) is 15.2. The molecule has 3 rings (SSSR count). The number of nitrogens with one attached hydrogen (secondary N) is 1. The number of para-hydroxylation sites is 1. The number of rotatable bonds is 4. The lowest BCUT2D eigenvalue weighted by Crippen LogP contribution is -2.42. The molecule has 1 aliphatic rings. The Hall–Kier alpha value is -1.75. The van der Waals surface area contributed by atoms with Crippen LogP contribution in [0.5, 0.6) is 0 Å². The number of aliphatic hydroxyl groups is 1. The van der Waals surface area contributed by atoms with Crippen LogP contribution in [-0.2, 0) is 0 Å². The fraction of sp³-hybridized carbons (Fsp3) is 0.529. The lowest BCUT2D eigenvalue weighted by molar-refractivity contribution is -0.00448. The molecule has 0 bridgehead atoms. The van der Waals surface area contributed by atoms with Crippen molar-refractivity contribution in [1.82, 2.24) is 9.97 Å². The third kappa shape index (κ3) is 3.04. The van der Waals surface area contributed by atoms with Gasteiger partial charge in [0.15, 0.2) is 0 Å². The summed E-state index contributed by atoms with van der Waals surface area (Å²) in [6, 6.07) is 4.82. The fourth-order valence-corrected chi connectivity index (χ4v) is 3.32. The van der Waals surface area contributed by atoms with Gasteiger partial charge in [-0.05, 0) is 37.8 Å². The molecule has 1 fully saturated rings. The highest BCUT2D eigenvalue weighted by molar-refractivity contribution is 5.89. The maximum Gasteiger partial charge on any atom is 0.149 e. The molecule has 0 radical (unpaired) electrons. The predicted octanol–water partition coefficient (Wildman–Crippen LogP) is 3.51. The van der Waals surface area contributed by atoms with Gasteiger partial charge in [-0.15, -0.1) is 0 Å². The summed E-state index contributed by atoms with van der Waals surface area (Å²) in [5.74, 6) is 0.515. The van der Waals surface area contributed by atoms with E-state index in [0.717, 1.165) is 12.8 Å². The van der Waals surface area contributed by atoms with Crippen LogP contribution in [0.3, 0.4) is 0 Å². The third-order valence-electron chi connectivity index (χ3n) is 4.71. The number of aromatic nitrogens is 2. The number of halogens is 1. The number of benzene rings is 1. The maximum absolute atomic E-state index is 13.8. The van der Waals surface area contributed by atoms with Crippen molar-refractivity contribution in [2.24, 2.45) is 5.92 Å². The van der Waals surface area contributed by atoms with Crippen LogP contribution in [0.4, 0.5) is 10.2 Å². The van der Waals surface area contributed by atoms with Crippen LogP contribution in [0.1, 0.15) is 39.0 Å². The first-order valence-electron chi connectivity index (χ1n) is 7.93. The van der Waals surface area contributed by atoms with Gasteiger partial charge in [0.25, 0.3) is 0 Å². The summed E-state index contributed by atoms with van der Waals surface area (Å²) >= 11 is 0. The second-order valence-electron chi connectivity index (χ2n) is 6.40. The zero-order valence-corrected chi connectivity index (χ0v) is 12.8. The predicted molar refractivity (Wildman–Crippen MR) is 85.2 cm³/mol. The van der Waals surface area contributed by atoms with Gasteiger partial charge in [-0.3, -0.25) is 0 Å². The number of hydrogen-bond acceptors (Lipinski definition) is 4. The second-order valence-corrected chi connectivity index (χ2v) is 6.40. The van der Waals surface area contributed by atoms with Crippen LogP contribution in [0.2, 0.25) is 0 Å². The molecule has 5 heteroatoms. The van der Waals surface area contributed by atoms with Gasteiger partial charge in [-0.2, -0.15) is 0 Å². The smallest absolute Gasteiger partial charge is 0.149 e. The third-order valence-corrected chi connectivity index (χ3v) is 4.71. The van der Waals surface area contributed by atoms with Crippen molar-refractivity contribution in [2.45, 2.75) is 44.6 Å². The Labute approximate surface area is 129 Å². The molecule has 1 aromatic carbocycles. The lowest BCUT2D eigenvalue weighted by atomic mass is 9.78. The van der Waals surface area contributed by atoms with E-state index >= 15 is 0 Å². The normalized spacial score (nSPS) is 19.0. The van der Waals surface area contributed by atoms with Crippen LogP contribution >= 0.6 is 0 Å². The molecule has 0 aliphatic heterocycles. The molecule has 1 saturated carbocycles. The van der Waals surface area contributed by atoms with E-state index in [0.29, 0.717) is 29.2 Å². The molecule has 0 saturated heterocycles. The number of nitrogens with zero attached hydrogens (tertiary/aromatic N) is 2. The van der Waals surface area contributed by atoms with E-state index in [2.05, 4.69) is 15.3 Å². The van der Waals surface area contributed by atoms with E-state index in [-0.39, 0.29) is 5.82 Å². The molecule has 0 spiro atoms. The Balaban J connectivity index is 1.77. The fourth-order valence-electron chi connectivity index (χ4n) is 3.32. The van der Waals surface area contributed by atoms with Crippen molar-refractivity contribution < 1.29 is 9.50 Å².